The van der Waals surface area contributed by atoms with Crippen LogP contribution in [0.3, 0.4) is 0 Å². The van der Waals surface area contributed by atoms with Crippen LogP contribution in [0.2, 0.25) is 0 Å². The lowest BCUT2D eigenvalue weighted by Gasteiger charge is -2.32. The van der Waals surface area contributed by atoms with Crippen molar-refractivity contribution >= 4 is 60.6 Å². The van der Waals surface area contributed by atoms with Gasteiger partial charge in [0.2, 0.25) is 0 Å². The maximum absolute atomic E-state index is 6.41. The molecule has 0 radical (unpaired) electrons. The molecule has 13 rings (SSSR count). The summed E-state index contributed by atoms with van der Waals surface area (Å²) < 4.78 is 15.3. The Kier molecular flexibility index (Phi) is 9.97. The molecule has 3 aliphatic carbocycles. The van der Waals surface area contributed by atoms with Crippen molar-refractivity contribution in [3.8, 4) is 17.1 Å². The SMILES string of the molecule is CC(C)(C)c1ccc2c(c1)c1cc(C(C)(C)C)ccc1n2C1=C(C2=CCCC=C2)C=C(c2nc(C3=CC4c5ccccc5OC4C=C3)nc(-c3ccc4oc5ccccc5c4c3)n2)CC1c1ccccc1. The number of furan rings is 1. The van der Waals surface area contributed by atoms with Gasteiger partial charge in [-0.25, -0.2) is 15.0 Å². The topological polar surface area (TPSA) is 66.0 Å². The van der Waals surface area contributed by atoms with E-state index in [-0.39, 0.29) is 28.8 Å². The summed E-state index contributed by atoms with van der Waals surface area (Å²) in [5.41, 5.74) is 15.7. The summed E-state index contributed by atoms with van der Waals surface area (Å²) in [5, 5.41) is 4.65. The molecule has 6 nitrogen and oxygen atoms in total. The lowest BCUT2D eigenvalue weighted by molar-refractivity contribution is 0.269. The molecule has 3 aromatic heterocycles. The van der Waals surface area contributed by atoms with Gasteiger partial charge in [0.05, 0.1) is 11.0 Å². The highest BCUT2D eigenvalue weighted by Crippen LogP contribution is 2.50. The molecular formula is C65H56N4O2. The molecule has 9 aromatic rings. The van der Waals surface area contributed by atoms with Crippen molar-refractivity contribution in [2.75, 3.05) is 0 Å². The number of nitrogens with zero attached hydrogens (tertiary/aromatic N) is 4. The van der Waals surface area contributed by atoms with Crippen molar-refractivity contribution in [2.45, 2.75) is 89.6 Å². The van der Waals surface area contributed by atoms with E-state index in [1.54, 1.807) is 0 Å². The van der Waals surface area contributed by atoms with Crippen molar-refractivity contribution in [1.82, 2.24) is 19.5 Å². The van der Waals surface area contributed by atoms with Gasteiger partial charge < -0.3 is 13.7 Å². The fourth-order valence-electron chi connectivity index (χ4n) is 11.3. The molecule has 0 saturated heterocycles. The predicted octanol–water partition coefficient (Wildman–Crippen LogP) is 16.4. The first-order valence-corrected chi connectivity index (χ1v) is 25.2. The van der Waals surface area contributed by atoms with E-state index in [2.05, 4.69) is 198 Å². The molecule has 0 spiro atoms. The minimum atomic E-state index is -0.0784. The minimum absolute atomic E-state index is 0.0116. The Bertz CT molecular complexity index is 3790. The van der Waals surface area contributed by atoms with Gasteiger partial charge in [0.25, 0.3) is 0 Å². The van der Waals surface area contributed by atoms with Gasteiger partial charge in [-0.1, -0.05) is 151 Å². The number of hydrogen-bond donors (Lipinski definition) is 0. The lowest BCUT2D eigenvalue weighted by atomic mass is 9.79. The van der Waals surface area contributed by atoms with Crippen LogP contribution < -0.4 is 4.74 Å². The summed E-state index contributed by atoms with van der Waals surface area (Å²) in [6.07, 6.45) is 18.6. The zero-order valence-electron chi connectivity index (χ0n) is 41.2. The Morgan fingerprint density at radius 2 is 1.28 bits per heavy atom. The van der Waals surface area contributed by atoms with E-state index in [0.717, 1.165) is 57.2 Å². The number of allylic oxidation sites excluding steroid dienone is 10. The van der Waals surface area contributed by atoms with Crippen molar-refractivity contribution in [2.24, 2.45) is 0 Å². The van der Waals surface area contributed by atoms with Crippen molar-refractivity contribution < 1.29 is 9.15 Å². The van der Waals surface area contributed by atoms with Crippen LogP contribution in [-0.4, -0.2) is 25.6 Å². The van der Waals surface area contributed by atoms with Crippen molar-refractivity contribution in [3.63, 3.8) is 0 Å². The van der Waals surface area contributed by atoms with E-state index in [0.29, 0.717) is 23.9 Å². The van der Waals surface area contributed by atoms with Gasteiger partial charge in [-0.3, -0.25) is 0 Å². The van der Waals surface area contributed by atoms with Crippen LogP contribution in [0.5, 0.6) is 5.75 Å². The van der Waals surface area contributed by atoms with Crippen molar-refractivity contribution in [1.29, 1.82) is 0 Å². The molecule has 348 valence electrons. The molecular weight excluding hydrogens is 869 g/mol. The molecule has 0 saturated carbocycles. The number of rotatable bonds is 6. The summed E-state index contributed by atoms with van der Waals surface area (Å²) in [6.45, 7) is 13.9. The zero-order chi connectivity index (χ0) is 48.2. The van der Waals surface area contributed by atoms with Crippen LogP contribution >= 0.6 is 0 Å². The highest BCUT2D eigenvalue weighted by Gasteiger charge is 2.36. The predicted molar refractivity (Wildman–Crippen MR) is 292 cm³/mol. The van der Waals surface area contributed by atoms with Crippen LogP contribution in [0.25, 0.3) is 72.0 Å². The highest BCUT2D eigenvalue weighted by atomic mass is 16.5. The smallest absolute Gasteiger partial charge is 0.164 e. The molecule has 4 aliphatic rings. The average molecular weight is 925 g/mol. The van der Waals surface area contributed by atoms with Gasteiger partial charge in [-0.05, 0) is 125 Å². The number of benzene rings is 6. The summed E-state index contributed by atoms with van der Waals surface area (Å²) in [5.74, 6) is 2.85. The summed E-state index contributed by atoms with van der Waals surface area (Å²) in [6, 6.07) is 48.3. The Balaban J connectivity index is 1.07. The molecule has 0 bridgehead atoms. The maximum atomic E-state index is 6.41. The first-order chi connectivity index (χ1) is 34.4. The summed E-state index contributed by atoms with van der Waals surface area (Å²) in [4.78, 5) is 16.3. The molecule has 6 aromatic carbocycles. The Morgan fingerprint density at radius 1 is 0.592 bits per heavy atom. The van der Waals surface area contributed by atoms with Gasteiger partial charge in [-0.15, -0.1) is 0 Å². The molecule has 4 heterocycles. The molecule has 0 fully saturated rings. The van der Waals surface area contributed by atoms with E-state index in [9.17, 15) is 0 Å². The molecule has 1 aliphatic heterocycles. The Hall–Kier alpha value is -7.83. The number of aromatic nitrogens is 4. The molecule has 0 N–H and O–H groups in total. The fourth-order valence-corrected chi connectivity index (χ4v) is 11.3. The third-order valence-corrected chi connectivity index (χ3v) is 15.1. The van der Waals surface area contributed by atoms with Gasteiger partial charge >= 0.3 is 0 Å². The second-order valence-electron chi connectivity index (χ2n) is 21.8. The van der Waals surface area contributed by atoms with Crippen molar-refractivity contribution in [3.05, 3.63) is 221 Å². The van der Waals surface area contributed by atoms with Gasteiger partial charge in [-0.2, -0.15) is 0 Å². The van der Waals surface area contributed by atoms with E-state index in [1.165, 1.54) is 60.9 Å². The van der Waals surface area contributed by atoms with E-state index in [4.69, 9.17) is 24.1 Å². The molecule has 71 heavy (non-hydrogen) atoms. The van der Waals surface area contributed by atoms with Crippen LogP contribution in [0.15, 0.2) is 192 Å². The first kappa shape index (κ1) is 43.2. The fraction of sp³-hybridized carbons (Fsp3) is 0.215. The molecule has 3 atom stereocenters. The monoisotopic (exact) mass is 924 g/mol. The third kappa shape index (κ3) is 7.42. The van der Waals surface area contributed by atoms with E-state index >= 15 is 0 Å². The van der Waals surface area contributed by atoms with Crippen LogP contribution in [0.4, 0.5) is 0 Å². The Morgan fingerprint density at radius 3 is 2.03 bits per heavy atom. The largest absolute Gasteiger partial charge is 0.485 e. The number of para-hydroxylation sites is 2. The number of ether oxygens (including phenoxy) is 1. The second-order valence-corrected chi connectivity index (χ2v) is 21.8. The second kappa shape index (κ2) is 16.4. The lowest BCUT2D eigenvalue weighted by Crippen LogP contribution is -2.19. The van der Waals surface area contributed by atoms with Crippen LogP contribution in [0, 0.1) is 0 Å². The standard InChI is InChI=1S/C65H56N4O2/c1-64(2,3)44-27-29-54-50(37-44)51-38-45(65(4,5)6)28-30-55(51)69(54)60-48(39-17-9-7-10-18-39)35-43(36-49(60)40-19-11-8-12-20-40)63-67-61(41-25-31-58-52(33-41)46-21-13-15-23-56(46)70-58)66-62(68-63)42-26-32-59-53(34-42)47-22-14-16-24-57(47)71-59/h7,9-11,13-34,36-38,48,52,58H,8,12,35H2,1-6H3. The van der Waals surface area contributed by atoms with Crippen LogP contribution in [0.1, 0.15) is 107 Å². The normalized spacial score (nSPS) is 19.0. The first-order valence-electron chi connectivity index (χ1n) is 25.2. The molecule has 3 unspecified atom stereocenters. The Labute approximate surface area is 415 Å². The summed E-state index contributed by atoms with van der Waals surface area (Å²) in [7, 11) is 0. The quantitative estimate of drug-likeness (QED) is 0.166. The number of fused-ring (bicyclic) bond motifs is 9. The van der Waals surface area contributed by atoms with Gasteiger partial charge in [0.15, 0.2) is 17.5 Å². The maximum Gasteiger partial charge on any atom is 0.164 e. The summed E-state index contributed by atoms with van der Waals surface area (Å²) >= 11 is 0. The van der Waals surface area contributed by atoms with Gasteiger partial charge in [0, 0.05) is 61.4 Å². The number of hydrogen-bond acceptors (Lipinski definition) is 5. The van der Waals surface area contributed by atoms with E-state index in [1.807, 2.05) is 24.3 Å². The zero-order valence-corrected chi connectivity index (χ0v) is 41.2. The minimum Gasteiger partial charge on any atom is -0.485 e. The molecule has 0 amide bonds. The highest BCUT2D eigenvalue weighted by molar-refractivity contribution is 6.11. The third-order valence-electron chi connectivity index (χ3n) is 15.1. The van der Waals surface area contributed by atoms with Crippen LogP contribution in [-0.2, 0) is 10.8 Å². The van der Waals surface area contributed by atoms with Gasteiger partial charge in [0.1, 0.15) is 23.0 Å². The van der Waals surface area contributed by atoms with E-state index < -0.39 is 0 Å². The average Bonchev–Trinajstić information content (AvgIpc) is 4.06. The molecule has 6 heteroatoms.